The summed E-state index contributed by atoms with van der Waals surface area (Å²) in [5.41, 5.74) is 1.48. The van der Waals surface area contributed by atoms with E-state index in [2.05, 4.69) is 0 Å². The summed E-state index contributed by atoms with van der Waals surface area (Å²) in [4.78, 5) is 51.9. The van der Waals surface area contributed by atoms with Gasteiger partial charge in [0.2, 0.25) is 0 Å². The second-order valence-corrected chi connectivity index (χ2v) is 6.99. The summed E-state index contributed by atoms with van der Waals surface area (Å²) in [6.45, 7) is 1.10. The molecule has 1 aliphatic heterocycles. The minimum atomic E-state index is -1.25. The second kappa shape index (κ2) is 10.9. The highest BCUT2D eigenvalue weighted by atomic mass is 16.6. The summed E-state index contributed by atoms with van der Waals surface area (Å²) in [7, 11) is 0. The largest absolute Gasteiger partial charge is 0.465 e. The van der Waals surface area contributed by atoms with E-state index in [0.717, 1.165) is 16.0 Å². The van der Waals surface area contributed by atoms with E-state index in [-0.39, 0.29) is 26.4 Å². The highest BCUT2D eigenvalue weighted by Crippen LogP contribution is 2.20. The van der Waals surface area contributed by atoms with E-state index < -0.39 is 36.6 Å². The number of hydrogen-bond acceptors (Lipinski definition) is 7. The van der Waals surface area contributed by atoms with Crippen LogP contribution in [-0.4, -0.2) is 59.6 Å². The summed E-state index contributed by atoms with van der Waals surface area (Å²) in [5, 5.41) is 0. The van der Waals surface area contributed by atoms with Crippen LogP contribution in [0.5, 0.6) is 0 Å². The molecular weight excluding hydrogens is 416 g/mol. The highest BCUT2D eigenvalue weighted by molar-refractivity contribution is 5.99. The molecule has 2 aromatic carbocycles. The second-order valence-electron chi connectivity index (χ2n) is 6.99. The van der Waals surface area contributed by atoms with E-state index in [9.17, 15) is 19.2 Å². The maximum atomic E-state index is 12.8. The van der Waals surface area contributed by atoms with Crippen LogP contribution in [0.2, 0.25) is 0 Å². The van der Waals surface area contributed by atoms with Gasteiger partial charge in [0.15, 0.2) is 6.04 Å². The number of esters is 2. The molecule has 0 N–H and O–H groups in total. The predicted molar refractivity (Wildman–Crippen MR) is 112 cm³/mol. The number of imide groups is 1. The molecule has 1 saturated heterocycles. The van der Waals surface area contributed by atoms with Gasteiger partial charge in [-0.2, -0.15) is 0 Å². The van der Waals surface area contributed by atoms with Crippen LogP contribution in [0.1, 0.15) is 18.1 Å². The first kappa shape index (κ1) is 22.8. The van der Waals surface area contributed by atoms with Crippen molar-refractivity contribution in [3.63, 3.8) is 0 Å². The summed E-state index contributed by atoms with van der Waals surface area (Å²) < 4.78 is 15.4. The Kier molecular flexibility index (Phi) is 7.80. The minimum Gasteiger partial charge on any atom is -0.465 e. The molecule has 1 atom stereocenters. The Hall–Kier alpha value is -3.88. The van der Waals surface area contributed by atoms with Crippen LogP contribution in [0.4, 0.5) is 9.59 Å². The van der Waals surface area contributed by atoms with Crippen LogP contribution >= 0.6 is 0 Å². The quantitative estimate of drug-likeness (QED) is 0.459. The Balaban J connectivity index is 1.70. The van der Waals surface area contributed by atoms with Crippen LogP contribution < -0.4 is 0 Å². The molecule has 0 radical (unpaired) electrons. The van der Waals surface area contributed by atoms with Crippen molar-refractivity contribution in [1.29, 1.82) is 0 Å². The van der Waals surface area contributed by atoms with Crippen molar-refractivity contribution in [1.82, 2.24) is 9.80 Å². The zero-order valence-electron chi connectivity index (χ0n) is 17.6. The molecule has 3 amide bonds. The Morgan fingerprint density at radius 3 is 2.00 bits per heavy atom. The standard InChI is InChI=1S/C23H24N2O7/c1-2-30-20(26)14-24-13-19(21(27)31-15-17-9-5-3-6-10-17)25(22(24)28)23(29)32-16-18-11-7-4-8-12-18/h3-12,19H,2,13-16H2,1H3/t19-/m0/s1. The fourth-order valence-corrected chi connectivity index (χ4v) is 3.15. The van der Waals surface area contributed by atoms with E-state index in [4.69, 9.17) is 14.2 Å². The normalized spacial score (nSPS) is 15.4. The van der Waals surface area contributed by atoms with Crippen molar-refractivity contribution in [2.45, 2.75) is 26.2 Å². The lowest BCUT2D eigenvalue weighted by molar-refractivity contribution is -0.149. The molecule has 0 unspecified atom stereocenters. The van der Waals surface area contributed by atoms with Crippen molar-refractivity contribution in [3.8, 4) is 0 Å². The molecule has 1 heterocycles. The number of urea groups is 1. The van der Waals surface area contributed by atoms with Gasteiger partial charge < -0.3 is 19.1 Å². The summed E-state index contributed by atoms with van der Waals surface area (Å²) in [5.74, 6) is -1.41. The van der Waals surface area contributed by atoms with Crippen LogP contribution in [0.15, 0.2) is 60.7 Å². The van der Waals surface area contributed by atoms with Crippen molar-refractivity contribution in [2.75, 3.05) is 19.7 Å². The summed E-state index contributed by atoms with van der Waals surface area (Å²) in [6.07, 6.45) is -0.994. The average molecular weight is 440 g/mol. The third-order valence-electron chi connectivity index (χ3n) is 4.70. The third kappa shape index (κ3) is 5.84. The fraction of sp³-hybridized carbons (Fsp3) is 0.304. The molecular formula is C23H24N2O7. The molecule has 0 spiro atoms. The van der Waals surface area contributed by atoms with E-state index in [1.54, 1.807) is 55.5 Å². The van der Waals surface area contributed by atoms with Crippen molar-refractivity contribution in [2.24, 2.45) is 0 Å². The zero-order chi connectivity index (χ0) is 22.9. The lowest BCUT2D eigenvalue weighted by atomic mass is 10.2. The number of carbonyl (C=O) groups excluding carboxylic acids is 4. The van der Waals surface area contributed by atoms with Gasteiger partial charge in [-0.15, -0.1) is 0 Å². The Morgan fingerprint density at radius 1 is 0.875 bits per heavy atom. The highest BCUT2D eigenvalue weighted by Gasteiger charge is 2.47. The Bertz CT molecular complexity index is 949. The topological polar surface area (TPSA) is 102 Å². The maximum Gasteiger partial charge on any atom is 0.419 e. The molecule has 1 aliphatic rings. The van der Waals surface area contributed by atoms with Gasteiger partial charge in [-0.25, -0.2) is 19.3 Å². The first-order chi connectivity index (χ1) is 15.5. The van der Waals surface area contributed by atoms with Crippen LogP contribution in [0.25, 0.3) is 0 Å². The van der Waals surface area contributed by atoms with E-state index in [1.807, 2.05) is 12.1 Å². The van der Waals surface area contributed by atoms with Crippen molar-refractivity contribution < 1.29 is 33.4 Å². The Labute approximate surface area is 185 Å². The van der Waals surface area contributed by atoms with Gasteiger partial charge in [0.25, 0.3) is 0 Å². The van der Waals surface area contributed by atoms with E-state index in [0.29, 0.717) is 4.90 Å². The van der Waals surface area contributed by atoms with Crippen LogP contribution in [-0.2, 0) is 37.0 Å². The van der Waals surface area contributed by atoms with Gasteiger partial charge in [-0.1, -0.05) is 60.7 Å². The van der Waals surface area contributed by atoms with Gasteiger partial charge in [-0.05, 0) is 18.1 Å². The first-order valence-corrected chi connectivity index (χ1v) is 10.1. The molecule has 9 heteroatoms. The lowest BCUT2D eigenvalue weighted by Gasteiger charge is -2.20. The SMILES string of the molecule is CCOC(=O)CN1C[C@@H](C(=O)OCc2ccccc2)N(C(=O)OCc2ccccc2)C1=O. The number of nitrogens with zero attached hydrogens (tertiary/aromatic N) is 2. The van der Waals surface area contributed by atoms with Gasteiger partial charge in [0, 0.05) is 0 Å². The molecule has 0 bridgehead atoms. The number of amides is 3. The van der Waals surface area contributed by atoms with E-state index >= 15 is 0 Å². The molecule has 1 fully saturated rings. The zero-order valence-corrected chi connectivity index (χ0v) is 17.6. The number of hydrogen-bond donors (Lipinski definition) is 0. The van der Waals surface area contributed by atoms with Crippen LogP contribution in [0.3, 0.4) is 0 Å². The maximum absolute atomic E-state index is 12.8. The van der Waals surface area contributed by atoms with Gasteiger partial charge in [0.1, 0.15) is 19.8 Å². The lowest BCUT2D eigenvalue weighted by Crippen LogP contribution is -2.45. The molecule has 168 valence electrons. The minimum absolute atomic E-state index is 0.0187. The fourth-order valence-electron chi connectivity index (χ4n) is 3.15. The monoisotopic (exact) mass is 440 g/mol. The van der Waals surface area contributed by atoms with Crippen LogP contribution in [0, 0.1) is 0 Å². The molecule has 0 saturated carbocycles. The molecule has 9 nitrogen and oxygen atoms in total. The summed E-state index contributed by atoms with van der Waals surface area (Å²) in [6, 6.07) is 15.9. The summed E-state index contributed by atoms with van der Waals surface area (Å²) >= 11 is 0. The number of ether oxygens (including phenoxy) is 3. The number of benzene rings is 2. The number of rotatable bonds is 8. The van der Waals surface area contributed by atoms with Gasteiger partial charge in [0.05, 0.1) is 13.2 Å². The smallest absolute Gasteiger partial charge is 0.419 e. The molecule has 0 aromatic heterocycles. The predicted octanol–water partition coefficient (Wildman–Crippen LogP) is 2.74. The Morgan fingerprint density at radius 2 is 1.44 bits per heavy atom. The van der Waals surface area contributed by atoms with Crippen molar-refractivity contribution >= 4 is 24.1 Å². The number of carbonyl (C=O) groups is 4. The van der Waals surface area contributed by atoms with Crippen molar-refractivity contribution in [3.05, 3.63) is 71.8 Å². The average Bonchev–Trinajstić information content (AvgIpc) is 3.13. The first-order valence-electron chi connectivity index (χ1n) is 10.1. The molecule has 0 aliphatic carbocycles. The molecule has 3 rings (SSSR count). The molecule has 32 heavy (non-hydrogen) atoms. The molecule has 2 aromatic rings. The third-order valence-corrected chi connectivity index (χ3v) is 4.70. The van der Waals surface area contributed by atoms with Gasteiger partial charge >= 0.3 is 24.1 Å². The van der Waals surface area contributed by atoms with Gasteiger partial charge in [-0.3, -0.25) is 4.79 Å². The van der Waals surface area contributed by atoms with E-state index in [1.165, 1.54) is 0 Å².